The summed E-state index contributed by atoms with van der Waals surface area (Å²) in [4.78, 5) is 27.9. The average Bonchev–Trinajstić information content (AvgIpc) is 3.36. The van der Waals surface area contributed by atoms with Gasteiger partial charge in [0.1, 0.15) is 18.5 Å². The Morgan fingerprint density at radius 1 is 1.00 bits per heavy atom. The van der Waals surface area contributed by atoms with Gasteiger partial charge in [-0.05, 0) is 64.3 Å². The van der Waals surface area contributed by atoms with E-state index in [2.05, 4.69) is 72.7 Å². The number of aliphatic hydroxyl groups is 2. The van der Waals surface area contributed by atoms with Crippen molar-refractivity contribution in [3.8, 4) is 0 Å². The molecule has 0 aliphatic heterocycles. The third-order valence-electron chi connectivity index (χ3n) is 12.7. The third-order valence-corrected chi connectivity index (χ3v) is 17.7. The van der Waals surface area contributed by atoms with E-state index in [1.807, 2.05) is 36.4 Å². The number of hydrogen-bond donors (Lipinski definition) is 2. The summed E-state index contributed by atoms with van der Waals surface area (Å²) in [7, 11) is -2.97. The maximum atomic E-state index is 14.1. The van der Waals surface area contributed by atoms with Crippen LogP contribution < -0.4 is 10.4 Å². The maximum Gasteiger partial charge on any atom is 0.331 e. The van der Waals surface area contributed by atoms with Crippen LogP contribution in [0.25, 0.3) is 0 Å². The number of aliphatic hydroxyl groups excluding tert-OH is 2. The summed E-state index contributed by atoms with van der Waals surface area (Å²) in [5.41, 5.74) is -1.72. The number of hydrogen-bond acceptors (Lipinski definition) is 6. The van der Waals surface area contributed by atoms with Gasteiger partial charge in [-0.1, -0.05) is 109 Å². The number of Topliss-reactive ketones (excluding diaryl/α,β-unsaturated/α-hetero) is 1. The van der Waals surface area contributed by atoms with E-state index in [1.165, 1.54) is 0 Å². The number of carbonyl (C=O) groups is 2. The van der Waals surface area contributed by atoms with Crippen LogP contribution in [-0.4, -0.2) is 55.7 Å². The van der Waals surface area contributed by atoms with Gasteiger partial charge in [-0.25, -0.2) is 4.79 Å². The second-order valence-corrected chi connectivity index (χ2v) is 20.1. The second-order valence-electron chi connectivity index (χ2n) is 15.8. The van der Waals surface area contributed by atoms with E-state index in [4.69, 9.17) is 9.16 Å². The minimum absolute atomic E-state index is 0.128. The van der Waals surface area contributed by atoms with Crippen LogP contribution in [0.5, 0.6) is 0 Å². The van der Waals surface area contributed by atoms with E-state index in [1.54, 1.807) is 0 Å². The predicted molar refractivity (Wildman–Crippen MR) is 180 cm³/mol. The van der Waals surface area contributed by atoms with Crippen molar-refractivity contribution in [1.29, 1.82) is 0 Å². The summed E-state index contributed by atoms with van der Waals surface area (Å²) >= 11 is 0. The van der Waals surface area contributed by atoms with Crippen molar-refractivity contribution in [1.82, 2.24) is 0 Å². The molecule has 0 aromatic heterocycles. The monoisotopic (exact) mass is 634 g/mol. The first-order valence-electron chi connectivity index (χ1n) is 17.0. The minimum Gasteiger partial charge on any atom is -0.460 e. The van der Waals surface area contributed by atoms with Crippen molar-refractivity contribution < 1.29 is 29.0 Å². The van der Waals surface area contributed by atoms with Crippen LogP contribution in [-0.2, 0) is 18.8 Å². The molecule has 3 aliphatic carbocycles. The summed E-state index contributed by atoms with van der Waals surface area (Å²) in [6.45, 7) is 14.6. The number of rotatable bonds is 8. The lowest BCUT2D eigenvalue weighted by molar-refractivity contribution is -0.219. The average molecular weight is 635 g/mol. The molecule has 246 valence electrons. The smallest absolute Gasteiger partial charge is 0.331 e. The lowest BCUT2D eigenvalue weighted by atomic mass is 9.43. The standard InChI is InChI=1S/C38H54O6Si/c1-8-36(6)23-31(37(7)26(2)19-21-38(29(24-39)34(36)42)22-20-30(40)33(37)38)44-32(41)25-43-45(35(3,4)5,27-15-11-9-12-16-27)28-17-13-10-14-18-28/h9-18,26,29,31,33-34,39,42H,8,19-25H2,1-7H3/t26-,29+,31-,33?,34+,36-,37+,38-/m1/s1. The molecule has 3 saturated carbocycles. The molecular weight excluding hydrogens is 580 g/mol. The molecule has 0 spiro atoms. The van der Waals surface area contributed by atoms with E-state index >= 15 is 0 Å². The summed E-state index contributed by atoms with van der Waals surface area (Å²) in [6, 6.07) is 20.5. The molecule has 3 fully saturated rings. The van der Waals surface area contributed by atoms with Crippen molar-refractivity contribution in [2.45, 2.75) is 104 Å². The summed E-state index contributed by atoms with van der Waals surface area (Å²) in [6.07, 6.45) is 2.46. The fraction of sp³-hybridized carbons (Fsp3) is 0.632. The lowest BCUT2D eigenvalue weighted by Gasteiger charge is -2.62. The molecule has 0 heterocycles. The third kappa shape index (κ3) is 5.36. The van der Waals surface area contributed by atoms with Crippen molar-refractivity contribution in [2.75, 3.05) is 13.2 Å². The maximum absolute atomic E-state index is 14.1. The van der Waals surface area contributed by atoms with Gasteiger partial charge in [0.2, 0.25) is 0 Å². The molecular formula is C38H54O6Si. The largest absolute Gasteiger partial charge is 0.460 e. The fourth-order valence-corrected chi connectivity index (χ4v) is 14.3. The topological polar surface area (TPSA) is 93.1 Å². The van der Waals surface area contributed by atoms with Gasteiger partial charge in [-0.15, -0.1) is 0 Å². The predicted octanol–water partition coefficient (Wildman–Crippen LogP) is 5.67. The number of benzene rings is 2. The molecule has 2 aromatic rings. The Bertz CT molecular complexity index is 1320. The van der Waals surface area contributed by atoms with Gasteiger partial charge in [0.25, 0.3) is 8.32 Å². The number of ether oxygens (including phenoxy) is 1. The lowest BCUT2D eigenvalue weighted by Crippen LogP contribution is -2.67. The Labute approximate surface area is 271 Å². The number of esters is 1. The summed E-state index contributed by atoms with van der Waals surface area (Å²) in [5.74, 6) is -0.892. The molecule has 2 bridgehead atoms. The normalized spacial score (nSPS) is 35.3. The van der Waals surface area contributed by atoms with Crippen LogP contribution in [0.15, 0.2) is 60.7 Å². The summed E-state index contributed by atoms with van der Waals surface area (Å²) < 4.78 is 13.5. The van der Waals surface area contributed by atoms with Crippen LogP contribution in [0.4, 0.5) is 0 Å². The molecule has 0 saturated heterocycles. The second kappa shape index (κ2) is 12.4. The first kappa shape index (κ1) is 34.0. The zero-order valence-electron chi connectivity index (χ0n) is 28.3. The highest BCUT2D eigenvalue weighted by Gasteiger charge is 2.69. The molecule has 8 atom stereocenters. The molecule has 5 rings (SSSR count). The molecule has 2 aromatic carbocycles. The van der Waals surface area contributed by atoms with Crippen molar-refractivity contribution >= 4 is 30.4 Å². The van der Waals surface area contributed by atoms with Gasteiger partial charge >= 0.3 is 5.97 Å². The molecule has 3 aliphatic rings. The van der Waals surface area contributed by atoms with Crippen molar-refractivity contribution in [3.05, 3.63) is 60.7 Å². The molecule has 1 unspecified atom stereocenters. The fourth-order valence-electron chi connectivity index (χ4n) is 9.86. The van der Waals surface area contributed by atoms with Gasteiger partial charge in [0.05, 0.1) is 6.10 Å². The zero-order valence-corrected chi connectivity index (χ0v) is 29.3. The van der Waals surface area contributed by atoms with E-state index in [0.717, 1.165) is 23.2 Å². The van der Waals surface area contributed by atoms with Gasteiger partial charge in [-0.3, -0.25) is 4.79 Å². The van der Waals surface area contributed by atoms with Gasteiger partial charge in [-0.2, -0.15) is 0 Å². The van der Waals surface area contributed by atoms with Crippen LogP contribution in [0, 0.1) is 34.0 Å². The van der Waals surface area contributed by atoms with E-state index in [-0.39, 0.29) is 41.8 Å². The van der Waals surface area contributed by atoms with Crippen LogP contribution in [0.2, 0.25) is 5.04 Å². The van der Waals surface area contributed by atoms with Crippen LogP contribution in [0.1, 0.15) is 87.0 Å². The SMILES string of the molecule is CC[C@]1(C)C[C@@H](OC(=O)CO[Si](c2ccccc2)(c2ccccc2)C(C)(C)C)[C@@]2(C)C3C(=O)CC[C@]3(CC[C@H]2C)[C@@H](CO)[C@@H]1O. The van der Waals surface area contributed by atoms with E-state index in [0.29, 0.717) is 25.7 Å². The van der Waals surface area contributed by atoms with Crippen molar-refractivity contribution in [2.24, 2.45) is 34.0 Å². The quantitative estimate of drug-likeness (QED) is 0.287. The number of carbonyl (C=O) groups excluding carboxylic acids is 2. The minimum atomic E-state index is -2.97. The highest BCUT2D eigenvalue weighted by atomic mass is 28.4. The van der Waals surface area contributed by atoms with E-state index < -0.39 is 42.7 Å². The molecule has 7 heteroatoms. The summed E-state index contributed by atoms with van der Waals surface area (Å²) in [5, 5.41) is 24.6. The molecule has 6 nitrogen and oxygen atoms in total. The van der Waals surface area contributed by atoms with Gasteiger partial charge < -0.3 is 19.4 Å². The Kier molecular flexibility index (Phi) is 9.35. The Morgan fingerprint density at radius 3 is 2.09 bits per heavy atom. The van der Waals surface area contributed by atoms with Crippen molar-refractivity contribution in [3.63, 3.8) is 0 Å². The van der Waals surface area contributed by atoms with E-state index in [9.17, 15) is 19.8 Å². The molecule has 0 amide bonds. The van der Waals surface area contributed by atoms with Gasteiger partial charge in [0, 0.05) is 30.3 Å². The van der Waals surface area contributed by atoms with Gasteiger partial charge in [0.15, 0.2) is 0 Å². The van der Waals surface area contributed by atoms with Crippen LogP contribution in [0.3, 0.4) is 0 Å². The molecule has 2 N–H and O–H groups in total. The first-order chi connectivity index (χ1) is 21.2. The highest BCUT2D eigenvalue weighted by molar-refractivity contribution is 6.99. The molecule has 45 heavy (non-hydrogen) atoms. The van der Waals surface area contributed by atoms with Crippen LogP contribution >= 0.6 is 0 Å². The Balaban J connectivity index is 1.53. The zero-order chi connectivity index (χ0) is 32.8. The Hall–Kier alpha value is -2.32. The number of ketones is 1. The Morgan fingerprint density at radius 2 is 1.58 bits per heavy atom. The first-order valence-corrected chi connectivity index (χ1v) is 18.9. The highest BCUT2D eigenvalue weighted by Crippen LogP contribution is 2.68. The molecule has 0 radical (unpaired) electrons.